The largest absolute Gasteiger partial charge is 0.328 e. The molecular weight excluding hydrogens is 246 g/mol. The molecule has 0 rings (SSSR count). The molecule has 0 aliphatic rings. The molecule has 0 amide bonds. The molecule has 4 heteroatoms. The van der Waals surface area contributed by atoms with Crippen molar-refractivity contribution in [1.29, 1.82) is 0 Å². The van der Waals surface area contributed by atoms with Crippen LogP contribution in [-0.2, 0) is 9.84 Å². The van der Waals surface area contributed by atoms with Crippen LogP contribution in [0, 0.1) is 0 Å². The van der Waals surface area contributed by atoms with E-state index in [0.717, 1.165) is 12.8 Å². The predicted molar refractivity (Wildman–Crippen MR) is 79.5 cm³/mol. The van der Waals surface area contributed by atoms with Gasteiger partial charge in [-0.05, 0) is 19.8 Å². The highest BCUT2D eigenvalue weighted by Gasteiger charge is 2.11. The molecule has 1 atom stereocenters. The van der Waals surface area contributed by atoms with Crippen LogP contribution in [0.5, 0.6) is 0 Å². The Balaban J connectivity index is 3.42. The molecule has 18 heavy (non-hydrogen) atoms. The van der Waals surface area contributed by atoms with Gasteiger partial charge in [-0.25, -0.2) is 8.42 Å². The Morgan fingerprint density at radius 1 is 0.889 bits per heavy atom. The average Bonchev–Trinajstić information content (AvgIpc) is 2.30. The normalized spacial score (nSPS) is 13.7. The van der Waals surface area contributed by atoms with Gasteiger partial charge in [-0.15, -0.1) is 0 Å². The van der Waals surface area contributed by atoms with Crippen LogP contribution in [0.15, 0.2) is 0 Å². The fraction of sp³-hybridized carbons (Fsp3) is 1.00. The van der Waals surface area contributed by atoms with E-state index in [-0.39, 0.29) is 11.8 Å². The maximum atomic E-state index is 11.7. The lowest BCUT2D eigenvalue weighted by Gasteiger charge is -2.06. The van der Waals surface area contributed by atoms with Crippen LogP contribution in [-0.4, -0.2) is 26.0 Å². The molecule has 1 unspecified atom stereocenters. The van der Waals surface area contributed by atoms with Gasteiger partial charge >= 0.3 is 0 Å². The van der Waals surface area contributed by atoms with Crippen LogP contribution in [0.3, 0.4) is 0 Å². The van der Waals surface area contributed by atoms with E-state index in [9.17, 15) is 8.42 Å². The first kappa shape index (κ1) is 17.9. The molecule has 0 aromatic heterocycles. The molecule has 2 N–H and O–H groups in total. The Hall–Kier alpha value is -0.0900. The monoisotopic (exact) mass is 277 g/mol. The van der Waals surface area contributed by atoms with Crippen molar-refractivity contribution in [3.8, 4) is 0 Å². The third-order valence-corrected chi connectivity index (χ3v) is 4.96. The highest BCUT2D eigenvalue weighted by atomic mass is 32.2. The van der Waals surface area contributed by atoms with Crippen molar-refractivity contribution in [2.75, 3.05) is 11.5 Å². The van der Waals surface area contributed by atoms with Gasteiger partial charge in [-0.3, -0.25) is 0 Å². The number of hydrogen-bond acceptors (Lipinski definition) is 3. The summed E-state index contributed by atoms with van der Waals surface area (Å²) in [6.45, 7) is 4.07. The topological polar surface area (TPSA) is 60.2 Å². The minimum Gasteiger partial charge on any atom is -0.328 e. The number of rotatable bonds is 12. The first-order valence-electron chi connectivity index (χ1n) is 7.44. The number of unbranched alkanes of at least 4 members (excludes halogenated alkanes) is 7. The molecule has 0 heterocycles. The molecule has 0 saturated heterocycles. The zero-order chi connectivity index (χ0) is 13.9. The summed E-state index contributed by atoms with van der Waals surface area (Å²) in [5, 5.41) is 0. The van der Waals surface area contributed by atoms with Crippen molar-refractivity contribution >= 4 is 9.84 Å². The van der Waals surface area contributed by atoms with Crippen LogP contribution < -0.4 is 5.73 Å². The van der Waals surface area contributed by atoms with Gasteiger partial charge in [0.2, 0.25) is 0 Å². The summed E-state index contributed by atoms with van der Waals surface area (Å²) in [5.41, 5.74) is 5.57. The second kappa shape index (κ2) is 10.8. The van der Waals surface area contributed by atoms with Gasteiger partial charge in [0.15, 0.2) is 0 Å². The van der Waals surface area contributed by atoms with Crippen LogP contribution >= 0.6 is 0 Å². The van der Waals surface area contributed by atoms with Crippen molar-refractivity contribution in [3.63, 3.8) is 0 Å². The maximum Gasteiger partial charge on any atom is 0.150 e. The Labute approximate surface area is 113 Å². The lowest BCUT2D eigenvalue weighted by molar-refractivity contribution is 0.569. The lowest BCUT2D eigenvalue weighted by atomic mass is 10.1. The van der Waals surface area contributed by atoms with E-state index in [4.69, 9.17) is 5.73 Å². The number of sulfone groups is 1. The second-order valence-electron chi connectivity index (χ2n) is 5.39. The molecule has 0 bridgehead atoms. The summed E-state index contributed by atoms with van der Waals surface area (Å²) < 4.78 is 23.3. The molecular formula is C14H31NO2S. The van der Waals surface area contributed by atoms with E-state index in [1.807, 2.05) is 6.92 Å². The van der Waals surface area contributed by atoms with Gasteiger partial charge in [0.05, 0.1) is 11.5 Å². The van der Waals surface area contributed by atoms with E-state index >= 15 is 0 Å². The molecule has 0 fully saturated rings. The number of hydrogen-bond donors (Lipinski definition) is 1. The van der Waals surface area contributed by atoms with Crippen LogP contribution in [0.1, 0.15) is 71.6 Å². The molecule has 0 radical (unpaired) electrons. The van der Waals surface area contributed by atoms with Crippen LogP contribution in [0.2, 0.25) is 0 Å². The van der Waals surface area contributed by atoms with Gasteiger partial charge in [-0.2, -0.15) is 0 Å². The summed E-state index contributed by atoms with van der Waals surface area (Å²) in [4.78, 5) is 0. The highest BCUT2D eigenvalue weighted by Crippen LogP contribution is 2.09. The van der Waals surface area contributed by atoms with Gasteiger partial charge in [-0.1, -0.05) is 51.9 Å². The van der Waals surface area contributed by atoms with Crippen molar-refractivity contribution in [3.05, 3.63) is 0 Å². The minimum atomic E-state index is -2.86. The third kappa shape index (κ3) is 12.4. The van der Waals surface area contributed by atoms with E-state index in [1.165, 1.54) is 38.5 Å². The minimum absolute atomic E-state index is 0.0154. The molecule has 0 spiro atoms. The van der Waals surface area contributed by atoms with Gasteiger partial charge in [0.25, 0.3) is 0 Å². The van der Waals surface area contributed by atoms with Gasteiger partial charge in [0, 0.05) is 6.04 Å². The smallest absolute Gasteiger partial charge is 0.150 e. The SMILES string of the molecule is CCCCCCCCCCS(=O)(=O)CCC(C)N. The molecule has 110 valence electrons. The zero-order valence-electron chi connectivity index (χ0n) is 12.2. The third-order valence-electron chi connectivity index (χ3n) is 3.19. The molecule has 0 aliphatic carbocycles. The summed E-state index contributed by atoms with van der Waals surface area (Å²) in [6.07, 6.45) is 10.1. The molecule has 0 aromatic rings. The van der Waals surface area contributed by atoms with E-state index < -0.39 is 9.84 Å². The van der Waals surface area contributed by atoms with Crippen molar-refractivity contribution in [1.82, 2.24) is 0 Å². The fourth-order valence-electron chi connectivity index (χ4n) is 1.92. The van der Waals surface area contributed by atoms with Gasteiger partial charge in [0.1, 0.15) is 9.84 Å². The average molecular weight is 277 g/mol. The summed E-state index contributed by atoms with van der Waals surface area (Å²) in [6, 6.07) is -0.0154. The highest BCUT2D eigenvalue weighted by molar-refractivity contribution is 7.91. The van der Waals surface area contributed by atoms with E-state index in [1.54, 1.807) is 0 Å². The van der Waals surface area contributed by atoms with Crippen molar-refractivity contribution in [2.45, 2.75) is 77.7 Å². The molecule has 0 aromatic carbocycles. The molecule has 0 saturated carbocycles. The molecule has 3 nitrogen and oxygen atoms in total. The first-order valence-corrected chi connectivity index (χ1v) is 9.26. The Kier molecular flexibility index (Phi) is 10.7. The Morgan fingerprint density at radius 2 is 1.39 bits per heavy atom. The first-order chi connectivity index (χ1) is 8.48. The van der Waals surface area contributed by atoms with Crippen molar-refractivity contribution < 1.29 is 8.42 Å². The molecule has 0 aliphatic heterocycles. The second-order valence-corrected chi connectivity index (χ2v) is 7.70. The Morgan fingerprint density at radius 3 is 1.89 bits per heavy atom. The summed E-state index contributed by atoms with van der Waals surface area (Å²) >= 11 is 0. The van der Waals surface area contributed by atoms with Crippen LogP contribution in [0.4, 0.5) is 0 Å². The standard InChI is InChI=1S/C14H31NO2S/c1-3-4-5-6-7-8-9-10-12-18(16,17)13-11-14(2)15/h14H,3-13,15H2,1-2H3. The maximum absolute atomic E-state index is 11.7. The zero-order valence-corrected chi connectivity index (χ0v) is 13.0. The Bertz CT molecular complexity index is 274. The van der Waals surface area contributed by atoms with Gasteiger partial charge < -0.3 is 5.73 Å². The van der Waals surface area contributed by atoms with E-state index in [0.29, 0.717) is 12.2 Å². The quantitative estimate of drug-likeness (QED) is 0.557. The lowest BCUT2D eigenvalue weighted by Crippen LogP contribution is -2.21. The summed E-state index contributed by atoms with van der Waals surface area (Å²) in [5.74, 6) is 0.593. The van der Waals surface area contributed by atoms with Crippen LogP contribution in [0.25, 0.3) is 0 Å². The fourth-order valence-corrected chi connectivity index (χ4v) is 3.50. The van der Waals surface area contributed by atoms with E-state index in [2.05, 4.69) is 6.92 Å². The summed E-state index contributed by atoms with van der Waals surface area (Å²) in [7, 11) is -2.86. The predicted octanol–water partition coefficient (Wildman–Crippen LogP) is 3.28. The number of nitrogens with two attached hydrogens (primary N) is 1. The van der Waals surface area contributed by atoms with Crippen molar-refractivity contribution in [2.24, 2.45) is 5.73 Å².